The van der Waals surface area contributed by atoms with E-state index >= 15 is 0 Å². The summed E-state index contributed by atoms with van der Waals surface area (Å²) in [6.45, 7) is 3.83. The molecule has 242 valence electrons. The molecule has 2 N–H and O–H groups in total. The van der Waals surface area contributed by atoms with Crippen molar-refractivity contribution in [2.45, 2.75) is 69.2 Å². The highest BCUT2D eigenvalue weighted by molar-refractivity contribution is 5.95. The number of nitrogens with zero attached hydrogens (tertiary/aromatic N) is 7. The van der Waals surface area contributed by atoms with Crippen molar-refractivity contribution in [3.8, 4) is 5.75 Å². The van der Waals surface area contributed by atoms with Gasteiger partial charge in [-0.25, -0.2) is 4.98 Å². The average Bonchev–Trinajstić information content (AvgIpc) is 3.77. The van der Waals surface area contributed by atoms with Gasteiger partial charge >= 0.3 is 0 Å². The number of aromatic nitrogens is 6. The number of anilines is 1. The number of amides is 2. The van der Waals surface area contributed by atoms with E-state index in [4.69, 9.17) is 14.8 Å². The lowest BCUT2D eigenvalue weighted by Crippen LogP contribution is -2.46. The number of fused-ring (bicyclic) bond motifs is 3. The van der Waals surface area contributed by atoms with Gasteiger partial charge in [-0.1, -0.05) is 13.0 Å². The predicted octanol–water partition coefficient (Wildman–Crippen LogP) is 3.39. The third-order valence-corrected chi connectivity index (χ3v) is 10.1. The number of aromatic hydroxyl groups is 1. The number of rotatable bonds is 6. The van der Waals surface area contributed by atoms with Gasteiger partial charge in [0.1, 0.15) is 12.3 Å². The maximum Gasteiger partial charge on any atom is 0.279 e. The minimum atomic E-state index is -0.506. The molecular formula is C34H36N8O5. The number of carbonyl (C=O) groups excluding carboxylic acids is 2. The summed E-state index contributed by atoms with van der Waals surface area (Å²) in [5.41, 5.74) is 3.29. The molecule has 47 heavy (non-hydrogen) atoms. The van der Waals surface area contributed by atoms with Gasteiger partial charge in [-0.15, -0.1) is 5.10 Å². The molecule has 13 heteroatoms. The van der Waals surface area contributed by atoms with Crippen LogP contribution in [0.1, 0.15) is 90.5 Å². The molecule has 4 aromatic heterocycles. The van der Waals surface area contributed by atoms with Gasteiger partial charge in [-0.2, -0.15) is 9.50 Å². The first kappa shape index (κ1) is 29.5. The quantitative estimate of drug-likeness (QED) is 0.324. The van der Waals surface area contributed by atoms with Gasteiger partial charge in [0.15, 0.2) is 11.5 Å². The molecule has 0 radical (unpaired) electrons. The maximum atomic E-state index is 14.4. The second-order valence-electron chi connectivity index (χ2n) is 13.2. The van der Waals surface area contributed by atoms with Gasteiger partial charge in [-0.05, 0) is 74.3 Å². The molecule has 4 aromatic rings. The lowest BCUT2D eigenvalue weighted by atomic mass is 9.73. The van der Waals surface area contributed by atoms with E-state index in [2.05, 4.69) is 22.2 Å². The Morgan fingerprint density at radius 2 is 1.98 bits per heavy atom. The van der Waals surface area contributed by atoms with Crippen molar-refractivity contribution in [2.24, 2.45) is 0 Å². The average molecular weight is 637 g/mol. The molecular weight excluding hydrogens is 600 g/mol. The Kier molecular flexibility index (Phi) is 7.16. The number of carbonyl (C=O) groups is 2. The molecule has 1 atom stereocenters. The summed E-state index contributed by atoms with van der Waals surface area (Å²) in [4.78, 5) is 56.4. The van der Waals surface area contributed by atoms with Crippen molar-refractivity contribution in [1.82, 2.24) is 34.0 Å². The lowest BCUT2D eigenvalue weighted by molar-refractivity contribution is -0.116. The summed E-state index contributed by atoms with van der Waals surface area (Å²) < 4.78 is 8.69. The van der Waals surface area contributed by atoms with E-state index in [1.165, 1.54) is 16.8 Å². The zero-order chi connectivity index (χ0) is 32.3. The first-order valence-electron chi connectivity index (χ1n) is 16.3. The number of pyridine rings is 2. The van der Waals surface area contributed by atoms with E-state index in [-0.39, 0.29) is 41.3 Å². The van der Waals surface area contributed by atoms with Crippen LogP contribution in [-0.4, -0.2) is 77.3 Å². The Labute approximate surface area is 270 Å². The van der Waals surface area contributed by atoms with Crippen molar-refractivity contribution in [3.05, 3.63) is 81.6 Å². The Morgan fingerprint density at radius 1 is 1.15 bits per heavy atom. The fourth-order valence-corrected chi connectivity index (χ4v) is 7.64. The fourth-order valence-electron chi connectivity index (χ4n) is 7.64. The number of ether oxygens (including phenoxy) is 1. The molecule has 8 rings (SSSR count). The first-order valence-corrected chi connectivity index (χ1v) is 16.3. The second-order valence-corrected chi connectivity index (χ2v) is 13.2. The van der Waals surface area contributed by atoms with Crippen LogP contribution in [0.3, 0.4) is 0 Å². The monoisotopic (exact) mass is 636 g/mol. The molecule has 6 heterocycles. The molecule has 2 aliphatic carbocycles. The van der Waals surface area contributed by atoms with Gasteiger partial charge in [0.2, 0.25) is 11.7 Å². The zero-order valence-corrected chi connectivity index (χ0v) is 26.2. The largest absolute Gasteiger partial charge is 0.505 e. The third-order valence-electron chi connectivity index (χ3n) is 10.1. The minimum absolute atomic E-state index is 0.0219. The van der Waals surface area contributed by atoms with Gasteiger partial charge in [0, 0.05) is 47.6 Å². The number of likely N-dealkylation sites (tertiary alicyclic amines) is 1. The Balaban J connectivity index is 1.15. The summed E-state index contributed by atoms with van der Waals surface area (Å²) in [6, 6.07) is 6.88. The van der Waals surface area contributed by atoms with Crippen LogP contribution in [0, 0.1) is 0 Å². The standard InChI is InChI=1S/C34H36N8O5/c1-20-17-34(10-13-40(14-11-34)32(46)28-25(43)3-2-12-35-28)27-29(20)41(19-26(44)37-23-6-7-24(36-18-23)21-4-5-21)33-38-30(39-42(33)31(27)45)22-8-15-47-16-9-22/h2-3,6-8,12,18,20-21,43H,4-5,9-11,13-17,19H2,1H3,(H,37,44). The maximum absolute atomic E-state index is 14.4. The van der Waals surface area contributed by atoms with E-state index in [0.29, 0.717) is 80.8 Å². The SMILES string of the molecule is CC1CC2(CCN(C(=O)c3ncccc3O)CC2)c2c1n(CC(=O)Nc1ccc(C3CC3)nc1)c1nc(C3=CCOCC3)nn1c2=O. The summed E-state index contributed by atoms with van der Waals surface area (Å²) in [7, 11) is 0. The summed E-state index contributed by atoms with van der Waals surface area (Å²) in [5.74, 6) is 0.523. The van der Waals surface area contributed by atoms with Crippen LogP contribution in [0.15, 0.2) is 47.5 Å². The van der Waals surface area contributed by atoms with E-state index in [1.54, 1.807) is 17.2 Å². The van der Waals surface area contributed by atoms with Crippen molar-refractivity contribution in [3.63, 3.8) is 0 Å². The predicted molar refractivity (Wildman–Crippen MR) is 171 cm³/mol. The van der Waals surface area contributed by atoms with E-state index in [0.717, 1.165) is 29.8 Å². The molecule has 2 amide bonds. The number of hydrogen-bond acceptors (Lipinski definition) is 9. The summed E-state index contributed by atoms with van der Waals surface area (Å²) in [6.07, 6.45) is 9.86. The summed E-state index contributed by atoms with van der Waals surface area (Å²) >= 11 is 0. The van der Waals surface area contributed by atoms with Crippen molar-refractivity contribution >= 4 is 28.9 Å². The number of nitrogens with one attached hydrogen (secondary N) is 1. The highest BCUT2D eigenvalue weighted by atomic mass is 16.5. The molecule has 1 spiro atoms. The van der Waals surface area contributed by atoms with Crippen LogP contribution < -0.4 is 10.9 Å². The Hall–Kier alpha value is -4.91. The third kappa shape index (κ3) is 5.18. The number of hydrogen-bond donors (Lipinski definition) is 2. The molecule has 2 aliphatic heterocycles. The van der Waals surface area contributed by atoms with Crippen LogP contribution in [-0.2, 0) is 21.5 Å². The zero-order valence-electron chi connectivity index (χ0n) is 26.2. The molecule has 1 unspecified atom stereocenters. The molecule has 0 bridgehead atoms. The molecule has 0 aromatic carbocycles. The normalized spacial score (nSPS) is 20.3. The topological polar surface area (TPSA) is 157 Å². The first-order chi connectivity index (χ1) is 22.8. The molecule has 2 fully saturated rings. The van der Waals surface area contributed by atoms with Crippen molar-refractivity contribution in [2.75, 3.05) is 31.6 Å². The van der Waals surface area contributed by atoms with Gasteiger partial charge in [0.05, 0.1) is 25.1 Å². The molecule has 1 saturated heterocycles. The van der Waals surface area contributed by atoms with E-state index < -0.39 is 5.41 Å². The van der Waals surface area contributed by atoms with Crippen LogP contribution in [0.25, 0.3) is 11.4 Å². The second kappa shape index (κ2) is 11.4. The fraction of sp³-hybridized carbons (Fsp3) is 0.441. The highest BCUT2D eigenvalue weighted by Crippen LogP contribution is 2.50. The number of piperidine rings is 1. The van der Waals surface area contributed by atoms with Crippen molar-refractivity contribution < 1.29 is 19.4 Å². The molecule has 4 aliphatic rings. The van der Waals surface area contributed by atoms with Crippen LogP contribution >= 0.6 is 0 Å². The highest BCUT2D eigenvalue weighted by Gasteiger charge is 2.49. The van der Waals surface area contributed by atoms with Crippen LogP contribution in [0.2, 0.25) is 0 Å². The lowest BCUT2D eigenvalue weighted by Gasteiger charge is -2.39. The van der Waals surface area contributed by atoms with Crippen LogP contribution in [0.4, 0.5) is 5.69 Å². The van der Waals surface area contributed by atoms with E-state index in [1.807, 2.05) is 22.8 Å². The van der Waals surface area contributed by atoms with Gasteiger partial charge in [-0.3, -0.25) is 19.4 Å². The van der Waals surface area contributed by atoms with Gasteiger partial charge < -0.3 is 24.6 Å². The van der Waals surface area contributed by atoms with Crippen LogP contribution in [0.5, 0.6) is 5.75 Å². The van der Waals surface area contributed by atoms with E-state index in [9.17, 15) is 19.5 Å². The molecule has 13 nitrogen and oxygen atoms in total. The smallest absolute Gasteiger partial charge is 0.279 e. The molecule has 1 saturated carbocycles. The minimum Gasteiger partial charge on any atom is -0.505 e. The summed E-state index contributed by atoms with van der Waals surface area (Å²) in [5, 5.41) is 17.9. The van der Waals surface area contributed by atoms with Crippen molar-refractivity contribution in [1.29, 1.82) is 0 Å². The Bertz CT molecular complexity index is 1990. The van der Waals surface area contributed by atoms with Gasteiger partial charge in [0.25, 0.3) is 11.5 Å². The Morgan fingerprint density at radius 3 is 2.68 bits per heavy atom.